The van der Waals surface area contributed by atoms with Crippen molar-refractivity contribution in [3.8, 4) is 11.5 Å². The summed E-state index contributed by atoms with van der Waals surface area (Å²) in [5.41, 5.74) is 0.792. The van der Waals surface area contributed by atoms with Crippen molar-refractivity contribution in [3.05, 3.63) is 28.8 Å². The molecule has 138 valence electrons. The number of benzene rings is 1. The van der Waals surface area contributed by atoms with Gasteiger partial charge < -0.3 is 19.7 Å². The minimum Gasteiger partial charge on any atom is -0.493 e. The molecule has 0 atom stereocenters. The predicted octanol–water partition coefficient (Wildman–Crippen LogP) is 1.94. The number of hydrogen-bond donors (Lipinski definition) is 2. The normalized spacial score (nSPS) is 20.5. The molecule has 1 heterocycles. The number of amides is 1. The van der Waals surface area contributed by atoms with E-state index in [4.69, 9.17) is 21.1 Å². The molecule has 1 aromatic carbocycles. The molecule has 0 unspecified atom stereocenters. The Morgan fingerprint density at radius 2 is 2.04 bits per heavy atom. The largest absolute Gasteiger partial charge is 0.493 e. The Morgan fingerprint density at radius 1 is 1.32 bits per heavy atom. The first-order chi connectivity index (χ1) is 12.1. The van der Waals surface area contributed by atoms with E-state index in [9.17, 15) is 4.79 Å². The Kier molecular flexibility index (Phi) is 7.59. The van der Waals surface area contributed by atoms with E-state index < -0.39 is 0 Å². The molecule has 1 aliphatic heterocycles. The van der Waals surface area contributed by atoms with Gasteiger partial charge in [-0.2, -0.15) is 0 Å². The van der Waals surface area contributed by atoms with Gasteiger partial charge in [-0.05, 0) is 30.2 Å². The lowest BCUT2D eigenvalue weighted by Gasteiger charge is -2.29. The van der Waals surface area contributed by atoms with Crippen LogP contribution in [0, 0.1) is 0 Å². The van der Waals surface area contributed by atoms with Crippen LogP contribution in [0.5, 0.6) is 11.5 Å². The predicted molar refractivity (Wildman–Crippen MR) is 101 cm³/mol. The van der Waals surface area contributed by atoms with Gasteiger partial charge in [-0.1, -0.05) is 18.5 Å². The van der Waals surface area contributed by atoms with Gasteiger partial charge in [-0.15, -0.1) is 0 Å². The number of halogens is 1. The zero-order valence-electron chi connectivity index (χ0n) is 15.2. The van der Waals surface area contributed by atoms with Crippen molar-refractivity contribution in [2.45, 2.75) is 32.2 Å². The number of carbonyl (C=O) groups is 1. The van der Waals surface area contributed by atoms with Crippen molar-refractivity contribution in [2.75, 3.05) is 33.9 Å². The molecule has 25 heavy (non-hydrogen) atoms. The highest BCUT2D eigenvalue weighted by Gasteiger charge is 2.22. The van der Waals surface area contributed by atoms with E-state index in [1.165, 1.54) is 13.0 Å². The number of piperidine rings is 1. The lowest BCUT2D eigenvalue weighted by atomic mass is 10.0. The van der Waals surface area contributed by atoms with Gasteiger partial charge >= 0.3 is 0 Å². The Hall–Kier alpha value is -1.72. The van der Waals surface area contributed by atoms with E-state index in [2.05, 4.69) is 12.2 Å². The molecule has 1 amide bonds. The molecule has 0 saturated carbocycles. The van der Waals surface area contributed by atoms with Crippen molar-refractivity contribution in [1.82, 2.24) is 5.32 Å². The maximum Gasteiger partial charge on any atom is 0.244 e. The maximum atomic E-state index is 12.2. The van der Waals surface area contributed by atoms with Gasteiger partial charge in [0.15, 0.2) is 11.5 Å². The van der Waals surface area contributed by atoms with E-state index >= 15 is 0 Å². The van der Waals surface area contributed by atoms with Crippen LogP contribution in [0.4, 0.5) is 0 Å². The fraction of sp³-hybridized carbons (Fsp3) is 0.526. The molecular weight excluding hydrogens is 340 g/mol. The number of ether oxygens (including phenoxy) is 2. The number of hydrogen-bond acceptors (Lipinski definition) is 3. The lowest BCUT2D eigenvalue weighted by molar-refractivity contribution is -0.905. The molecule has 1 aliphatic rings. The number of nitrogens with one attached hydrogen (secondary N) is 2. The third-order valence-corrected chi connectivity index (χ3v) is 4.81. The Morgan fingerprint density at radius 3 is 2.64 bits per heavy atom. The molecule has 6 heteroatoms. The highest BCUT2D eigenvalue weighted by atomic mass is 35.5. The van der Waals surface area contributed by atoms with E-state index in [0.29, 0.717) is 16.5 Å². The SMILES string of the molecule is CCC[NH+]1CCC(NC(=O)/C=C/c2cc(Cl)c(OC)c(OC)c2)CC1. The summed E-state index contributed by atoms with van der Waals surface area (Å²) in [4.78, 5) is 13.8. The summed E-state index contributed by atoms with van der Waals surface area (Å²) < 4.78 is 10.5. The topological polar surface area (TPSA) is 52.0 Å². The Bertz CT molecular complexity index is 611. The first kappa shape index (κ1) is 19.6. The van der Waals surface area contributed by atoms with Crippen molar-refractivity contribution in [1.29, 1.82) is 0 Å². The van der Waals surface area contributed by atoms with E-state index in [1.807, 2.05) is 0 Å². The fourth-order valence-electron chi connectivity index (χ4n) is 3.23. The quantitative estimate of drug-likeness (QED) is 0.724. The average Bonchev–Trinajstić information content (AvgIpc) is 2.61. The van der Waals surface area contributed by atoms with Crippen LogP contribution < -0.4 is 19.7 Å². The summed E-state index contributed by atoms with van der Waals surface area (Å²) in [7, 11) is 3.10. The van der Waals surface area contributed by atoms with Crippen LogP contribution in [-0.4, -0.2) is 45.8 Å². The molecule has 1 fully saturated rings. The zero-order valence-corrected chi connectivity index (χ0v) is 16.0. The van der Waals surface area contributed by atoms with Crippen LogP contribution in [-0.2, 0) is 4.79 Å². The summed E-state index contributed by atoms with van der Waals surface area (Å²) in [6.45, 7) is 5.70. The number of quaternary nitrogens is 1. The van der Waals surface area contributed by atoms with Crippen molar-refractivity contribution in [3.63, 3.8) is 0 Å². The highest BCUT2D eigenvalue weighted by molar-refractivity contribution is 6.32. The van der Waals surface area contributed by atoms with Crippen LogP contribution in [0.15, 0.2) is 18.2 Å². The molecule has 1 aromatic rings. The summed E-state index contributed by atoms with van der Waals surface area (Å²) in [6.07, 6.45) is 6.57. The summed E-state index contributed by atoms with van der Waals surface area (Å²) in [6, 6.07) is 3.81. The smallest absolute Gasteiger partial charge is 0.244 e. The number of rotatable bonds is 7. The Balaban J connectivity index is 1.91. The van der Waals surface area contributed by atoms with Gasteiger partial charge in [0.1, 0.15) is 0 Å². The molecule has 0 spiro atoms. The van der Waals surface area contributed by atoms with Crippen LogP contribution in [0.1, 0.15) is 31.7 Å². The van der Waals surface area contributed by atoms with Gasteiger partial charge in [0, 0.05) is 25.0 Å². The van der Waals surface area contributed by atoms with Gasteiger partial charge in [-0.3, -0.25) is 4.79 Å². The fourth-order valence-corrected chi connectivity index (χ4v) is 3.53. The molecule has 0 aliphatic carbocycles. The minimum absolute atomic E-state index is 0.0742. The van der Waals surface area contributed by atoms with E-state index in [0.717, 1.165) is 31.5 Å². The van der Waals surface area contributed by atoms with E-state index in [-0.39, 0.29) is 11.9 Å². The molecule has 0 bridgehead atoms. The molecule has 0 aromatic heterocycles. The molecule has 2 rings (SSSR count). The van der Waals surface area contributed by atoms with Gasteiger partial charge in [0.25, 0.3) is 0 Å². The Labute approximate surface area is 154 Å². The lowest BCUT2D eigenvalue weighted by Crippen LogP contribution is -3.13. The van der Waals surface area contributed by atoms with Gasteiger partial charge in [0.05, 0.1) is 38.9 Å². The van der Waals surface area contributed by atoms with Crippen LogP contribution in [0.25, 0.3) is 6.08 Å². The molecule has 2 N–H and O–H groups in total. The molecular formula is C19H28ClN2O3+. The second-order valence-corrected chi connectivity index (χ2v) is 6.76. The molecule has 5 nitrogen and oxygen atoms in total. The highest BCUT2D eigenvalue weighted by Crippen LogP contribution is 2.36. The van der Waals surface area contributed by atoms with Crippen LogP contribution >= 0.6 is 11.6 Å². The van der Waals surface area contributed by atoms with Crippen LogP contribution in [0.3, 0.4) is 0 Å². The first-order valence-corrected chi connectivity index (χ1v) is 9.18. The van der Waals surface area contributed by atoms with Crippen molar-refractivity contribution in [2.24, 2.45) is 0 Å². The molecule has 0 radical (unpaired) electrons. The minimum atomic E-state index is -0.0742. The molecule has 1 saturated heterocycles. The zero-order chi connectivity index (χ0) is 18.2. The monoisotopic (exact) mass is 367 g/mol. The maximum absolute atomic E-state index is 12.2. The van der Waals surface area contributed by atoms with Crippen LogP contribution in [0.2, 0.25) is 5.02 Å². The summed E-state index contributed by atoms with van der Waals surface area (Å²) in [5, 5.41) is 3.54. The summed E-state index contributed by atoms with van der Waals surface area (Å²) in [5.74, 6) is 0.961. The third kappa shape index (κ3) is 5.65. The first-order valence-electron chi connectivity index (χ1n) is 8.81. The standard InChI is InChI=1S/C19H27ClN2O3/c1-4-9-22-10-7-15(8-11-22)21-18(23)6-5-14-12-16(20)19(25-3)17(13-14)24-2/h5-6,12-13,15H,4,7-11H2,1-3H3,(H,21,23)/p+1/b6-5+. The third-order valence-electron chi connectivity index (χ3n) is 4.53. The average molecular weight is 368 g/mol. The van der Waals surface area contributed by atoms with Crippen molar-refractivity contribution < 1.29 is 19.2 Å². The number of methoxy groups -OCH3 is 2. The second kappa shape index (κ2) is 9.68. The second-order valence-electron chi connectivity index (χ2n) is 6.35. The number of likely N-dealkylation sites (tertiary alicyclic amines) is 1. The van der Waals surface area contributed by atoms with Crippen molar-refractivity contribution >= 4 is 23.6 Å². The summed E-state index contributed by atoms with van der Waals surface area (Å²) >= 11 is 6.18. The van der Waals surface area contributed by atoms with E-state index in [1.54, 1.807) is 43.4 Å². The van der Waals surface area contributed by atoms with Gasteiger partial charge in [-0.25, -0.2) is 0 Å². The number of carbonyl (C=O) groups excluding carboxylic acids is 1. The van der Waals surface area contributed by atoms with Gasteiger partial charge in [0.2, 0.25) is 5.91 Å².